The van der Waals surface area contributed by atoms with Crippen LogP contribution in [0.3, 0.4) is 0 Å². The molecule has 4 heteroatoms. The fraction of sp³-hybridized carbons (Fsp3) is 0.0417. The molecule has 1 aliphatic carbocycles. The number of hydrogen-bond acceptors (Lipinski definition) is 4. The van der Waals surface area contributed by atoms with Gasteiger partial charge in [-0.1, -0.05) is 127 Å². The summed E-state index contributed by atoms with van der Waals surface area (Å²) in [6.45, 7) is 0. The quantitative estimate of drug-likeness (QED) is 0.163. The van der Waals surface area contributed by atoms with Crippen molar-refractivity contribution in [3.8, 4) is 11.1 Å². The van der Waals surface area contributed by atoms with Gasteiger partial charge in [-0.05, 0) is 83.4 Å². The Kier molecular flexibility index (Phi) is 7.78. The minimum atomic E-state index is 0.430. The van der Waals surface area contributed by atoms with Crippen LogP contribution in [0.2, 0.25) is 0 Å². The first-order valence-electron chi connectivity index (χ1n) is 17.8. The van der Waals surface area contributed by atoms with E-state index in [2.05, 4.69) is 204 Å². The number of hydrogen-bond donors (Lipinski definition) is 0. The Morgan fingerprint density at radius 1 is 0.462 bits per heavy atom. The van der Waals surface area contributed by atoms with Crippen molar-refractivity contribution < 1.29 is 0 Å². The van der Waals surface area contributed by atoms with Gasteiger partial charge in [0.05, 0.1) is 16.1 Å². The number of anilines is 6. The molecule has 0 bridgehead atoms. The van der Waals surface area contributed by atoms with Crippen LogP contribution in [0.15, 0.2) is 199 Å². The molecule has 2 aliphatic rings. The molecule has 2 nitrogen and oxygen atoms in total. The number of nitrogens with zero attached hydrogens (tertiary/aromatic N) is 2. The highest BCUT2D eigenvalue weighted by Crippen LogP contribution is 2.52. The molecule has 1 aromatic heterocycles. The second kappa shape index (κ2) is 13.1. The predicted octanol–water partition coefficient (Wildman–Crippen LogP) is 14.3. The first kappa shape index (κ1) is 31.0. The Morgan fingerprint density at radius 3 is 1.81 bits per heavy atom. The normalized spacial score (nSPS) is 15.8. The molecule has 0 fully saturated rings. The van der Waals surface area contributed by atoms with Crippen LogP contribution in [0.5, 0.6) is 0 Å². The summed E-state index contributed by atoms with van der Waals surface area (Å²) in [7, 11) is 0. The first-order chi connectivity index (χ1) is 25.8. The second-order valence-corrected chi connectivity index (χ2v) is 15.5. The van der Waals surface area contributed by atoms with Gasteiger partial charge in [0.1, 0.15) is 0 Å². The maximum absolute atomic E-state index is 2.47. The van der Waals surface area contributed by atoms with Crippen LogP contribution in [-0.2, 0) is 0 Å². The summed E-state index contributed by atoms with van der Waals surface area (Å²) in [5.74, 6) is 0.430. The molecule has 2 heterocycles. The molecule has 248 valence electrons. The zero-order valence-corrected chi connectivity index (χ0v) is 30.0. The first-order valence-corrected chi connectivity index (χ1v) is 19.5. The average molecular weight is 703 g/mol. The van der Waals surface area contributed by atoms with E-state index in [1.165, 1.54) is 58.8 Å². The van der Waals surface area contributed by atoms with Crippen LogP contribution in [0.4, 0.5) is 34.1 Å². The van der Waals surface area contributed by atoms with E-state index in [9.17, 15) is 0 Å². The van der Waals surface area contributed by atoms with Crippen molar-refractivity contribution in [2.45, 2.75) is 16.1 Å². The van der Waals surface area contributed by atoms with E-state index in [1.807, 2.05) is 23.1 Å². The minimum absolute atomic E-state index is 0.430. The lowest BCUT2D eigenvalue weighted by Gasteiger charge is -2.27. The number of rotatable bonds is 7. The van der Waals surface area contributed by atoms with E-state index in [-0.39, 0.29) is 0 Å². The molecule has 7 aromatic carbocycles. The van der Waals surface area contributed by atoms with Gasteiger partial charge < -0.3 is 9.80 Å². The fourth-order valence-corrected chi connectivity index (χ4v) is 10.4. The number of allylic oxidation sites excluding steroid dienone is 3. The predicted molar refractivity (Wildman–Crippen MR) is 225 cm³/mol. The van der Waals surface area contributed by atoms with Crippen molar-refractivity contribution >= 4 is 77.4 Å². The van der Waals surface area contributed by atoms with Crippen LogP contribution in [0.1, 0.15) is 11.5 Å². The number of thiophene rings is 1. The van der Waals surface area contributed by atoms with E-state index < -0.39 is 0 Å². The van der Waals surface area contributed by atoms with Crippen molar-refractivity contribution in [2.24, 2.45) is 0 Å². The highest BCUT2D eigenvalue weighted by atomic mass is 32.2. The maximum Gasteiger partial charge on any atom is 0.0640 e. The Bertz CT molecular complexity index is 2570. The van der Waals surface area contributed by atoms with E-state index >= 15 is 0 Å². The molecule has 0 spiro atoms. The Balaban J connectivity index is 1.17. The molecular formula is C48H34N2S2. The van der Waals surface area contributed by atoms with Crippen molar-refractivity contribution in [3.05, 3.63) is 200 Å². The van der Waals surface area contributed by atoms with Gasteiger partial charge in [-0.15, -0.1) is 23.1 Å². The standard InChI is InChI=1S/C48H34N2S2/c1-4-14-33(15-5-1)34-26-28-37(29-27-34)50(38-30-31-40-39-20-10-11-24-44(39)51-46(40)32-38)43-23-12-21-41-47-42(22-13-25-45(47)52-48(41)43)49(35-16-6-2-7-17-35)36-18-8-3-9-19-36/h1-32,39,44H. The lowest BCUT2D eigenvalue weighted by atomic mass is 9.92. The third-order valence-corrected chi connectivity index (χ3v) is 12.7. The summed E-state index contributed by atoms with van der Waals surface area (Å²) in [4.78, 5) is 6.22. The highest BCUT2D eigenvalue weighted by molar-refractivity contribution is 8.00. The lowest BCUT2D eigenvalue weighted by molar-refractivity contribution is 0.881. The van der Waals surface area contributed by atoms with Crippen molar-refractivity contribution in [3.63, 3.8) is 0 Å². The number of benzene rings is 7. The van der Waals surface area contributed by atoms with Crippen molar-refractivity contribution in [2.75, 3.05) is 9.80 Å². The molecular weight excluding hydrogens is 669 g/mol. The van der Waals surface area contributed by atoms with Gasteiger partial charge in [0.2, 0.25) is 0 Å². The van der Waals surface area contributed by atoms with Crippen LogP contribution >= 0.6 is 23.1 Å². The smallest absolute Gasteiger partial charge is 0.0640 e. The topological polar surface area (TPSA) is 6.48 Å². The van der Waals surface area contributed by atoms with Gasteiger partial charge in [0.15, 0.2) is 0 Å². The van der Waals surface area contributed by atoms with Gasteiger partial charge in [0.25, 0.3) is 0 Å². The zero-order chi connectivity index (χ0) is 34.4. The molecule has 2 atom stereocenters. The SMILES string of the molecule is C1=CC2Sc3cc(N(c4ccc(-c5ccccc5)cc4)c4cccc5c4sc4cccc(N(c6ccccc6)c6ccccc6)c45)ccc3C2C=C1. The number of para-hydroxylation sites is 2. The molecule has 10 rings (SSSR count). The summed E-state index contributed by atoms with van der Waals surface area (Å²) in [6.07, 6.45) is 9.08. The Hall–Kier alpha value is -5.81. The molecule has 0 saturated heterocycles. The monoisotopic (exact) mass is 702 g/mol. The maximum atomic E-state index is 2.47. The van der Waals surface area contributed by atoms with Gasteiger partial charge in [-0.3, -0.25) is 0 Å². The van der Waals surface area contributed by atoms with Crippen molar-refractivity contribution in [1.29, 1.82) is 0 Å². The second-order valence-electron chi connectivity index (χ2n) is 13.3. The van der Waals surface area contributed by atoms with Crippen LogP contribution < -0.4 is 9.80 Å². The van der Waals surface area contributed by atoms with E-state index in [0.29, 0.717) is 11.2 Å². The molecule has 0 saturated carbocycles. The summed E-state index contributed by atoms with van der Waals surface area (Å²) < 4.78 is 2.54. The Labute approximate surface area is 312 Å². The fourth-order valence-electron chi connectivity index (χ4n) is 7.78. The van der Waals surface area contributed by atoms with E-state index in [1.54, 1.807) is 0 Å². The van der Waals surface area contributed by atoms with Gasteiger partial charge in [-0.25, -0.2) is 0 Å². The number of thioether (sulfide) groups is 1. The van der Waals surface area contributed by atoms with Crippen LogP contribution in [0.25, 0.3) is 31.3 Å². The van der Waals surface area contributed by atoms with Crippen LogP contribution in [0, 0.1) is 0 Å². The molecule has 0 amide bonds. The highest BCUT2D eigenvalue weighted by Gasteiger charge is 2.32. The molecule has 2 unspecified atom stereocenters. The summed E-state index contributed by atoms with van der Waals surface area (Å²) in [5.41, 5.74) is 10.8. The molecule has 8 aromatic rings. The van der Waals surface area contributed by atoms with Gasteiger partial charge >= 0.3 is 0 Å². The largest absolute Gasteiger partial charge is 0.310 e. The summed E-state index contributed by atoms with van der Waals surface area (Å²) in [6, 6.07) is 61.8. The van der Waals surface area contributed by atoms with Gasteiger partial charge in [0, 0.05) is 54.3 Å². The van der Waals surface area contributed by atoms with Gasteiger partial charge in [-0.2, -0.15) is 0 Å². The molecule has 52 heavy (non-hydrogen) atoms. The Morgan fingerprint density at radius 2 is 1.06 bits per heavy atom. The lowest BCUT2D eigenvalue weighted by Crippen LogP contribution is -2.11. The number of fused-ring (bicyclic) bond motifs is 6. The average Bonchev–Trinajstić information content (AvgIpc) is 3.79. The zero-order valence-electron chi connectivity index (χ0n) is 28.3. The van der Waals surface area contributed by atoms with Crippen molar-refractivity contribution in [1.82, 2.24) is 0 Å². The van der Waals surface area contributed by atoms with Crippen LogP contribution in [-0.4, -0.2) is 5.25 Å². The molecule has 0 radical (unpaired) electrons. The molecule has 0 N–H and O–H groups in total. The van der Waals surface area contributed by atoms with E-state index in [0.717, 1.165) is 17.1 Å². The third kappa shape index (κ3) is 5.34. The van der Waals surface area contributed by atoms with E-state index in [4.69, 9.17) is 0 Å². The minimum Gasteiger partial charge on any atom is -0.310 e. The molecule has 1 aliphatic heterocycles. The third-order valence-electron chi connectivity index (χ3n) is 10.2. The summed E-state index contributed by atoms with van der Waals surface area (Å²) >= 11 is 3.86. The summed E-state index contributed by atoms with van der Waals surface area (Å²) in [5, 5.41) is 2.98.